The Labute approximate surface area is 194 Å². The second-order valence-electron chi connectivity index (χ2n) is 8.63. The zero-order valence-electron chi connectivity index (χ0n) is 19.9. The molecule has 1 aromatic carbocycles. The van der Waals surface area contributed by atoms with Gasteiger partial charge in [0.1, 0.15) is 6.10 Å². The number of hydrogen-bond acceptors (Lipinski definition) is 7. The molecule has 0 amide bonds. The Hall–Kier alpha value is -2.94. The molecule has 3 heterocycles. The smallest absolute Gasteiger partial charge is 0.320 e. The molecule has 0 radical (unpaired) electrons. The molecule has 1 N–H and O–H groups in total. The number of methoxy groups -OCH3 is 1. The SMILES string of the molecule is COCCO[C@@H]1c2ccn3c(C)c(C)nc3c2N[C@H](c2ccccc2)[C@H]1OC(=O)CN(C)C. The van der Waals surface area contributed by atoms with E-state index in [4.69, 9.17) is 19.2 Å². The van der Waals surface area contributed by atoms with Gasteiger partial charge in [0, 0.05) is 24.6 Å². The number of imidazole rings is 1. The van der Waals surface area contributed by atoms with Crippen LogP contribution in [0, 0.1) is 13.8 Å². The average molecular weight is 453 g/mol. The number of benzene rings is 1. The molecule has 2 aromatic heterocycles. The molecule has 8 nitrogen and oxygen atoms in total. The van der Waals surface area contributed by atoms with E-state index in [1.165, 1.54) is 0 Å². The number of nitrogens with one attached hydrogen (secondary N) is 1. The summed E-state index contributed by atoms with van der Waals surface area (Å²) < 4.78 is 19.7. The van der Waals surface area contributed by atoms with Gasteiger partial charge in [0.15, 0.2) is 11.8 Å². The van der Waals surface area contributed by atoms with Crippen molar-refractivity contribution in [2.24, 2.45) is 0 Å². The zero-order valence-corrected chi connectivity index (χ0v) is 19.9. The molecule has 3 aromatic rings. The molecule has 0 bridgehead atoms. The van der Waals surface area contributed by atoms with E-state index >= 15 is 0 Å². The third kappa shape index (κ3) is 4.73. The number of hydrogen-bond donors (Lipinski definition) is 1. The maximum atomic E-state index is 12.8. The molecule has 0 aliphatic carbocycles. The molecule has 1 aliphatic heterocycles. The molecule has 1 aliphatic rings. The number of aromatic nitrogens is 2. The van der Waals surface area contributed by atoms with Gasteiger partial charge in [0.2, 0.25) is 0 Å². The first-order valence-electron chi connectivity index (χ1n) is 11.1. The Kier molecular flexibility index (Phi) is 6.97. The van der Waals surface area contributed by atoms with Gasteiger partial charge >= 0.3 is 5.97 Å². The fourth-order valence-electron chi connectivity index (χ4n) is 4.28. The van der Waals surface area contributed by atoms with Crippen LogP contribution in [0.15, 0.2) is 42.6 Å². The predicted octanol–water partition coefficient (Wildman–Crippen LogP) is 3.30. The minimum absolute atomic E-state index is 0.188. The highest BCUT2D eigenvalue weighted by Gasteiger charge is 2.42. The van der Waals surface area contributed by atoms with Crippen molar-refractivity contribution in [2.45, 2.75) is 32.1 Å². The molecular formula is C25H32N4O4. The summed E-state index contributed by atoms with van der Waals surface area (Å²) in [6.07, 6.45) is 0.957. The Morgan fingerprint density at radius 3 is 2.61 bits per heavy atom. The van der Waals surface area contributed by atoms with Crippen LogP contribution in [0.5, 0.6) is 0 Å². The standard InChI is InChI=1S/C25H32N4O4/c1-16-17(2)29-12-11-19-22(25(29)26-16)27-21(18-9-7-6-8-10-18)24(23(19)32-14-13-31-5)33-20(30)15-28(3)4/h6-12,21,23-24,27H,13-15H2,1-5H3/t21-,23-,24-/m1/s1. The Morgan fingerprint density at radius 2 is 1.91 bits per heavy atom. The van der Waals surface area contributed by atoms with Crippen molar-refractivity contribution in [2.75, 3.05) is 46.3 Å². The number of esters is 1. The number of likely N-dealkylation sites (N-methyl/N-ethyl adjacent to an activating group) is 1. The number of aryl methyl sites for hydroxylation is 2. The number of rotatable bonds is 8. The van der Waals surface area contributed by atoms with Crippen molar-refractivity contribution in [1.29, 1.82) is 0 Å². The van der Waals surface area contributed by atoms with Gasteiger partial charge < -0.3 is 23.9 Å². The van der Waals surface area contributed by atoms with Crippen LogP contribution in [0.2, 0.25) is 0 Å². The molecule has 0 saturated heterocycles. The van der Waals surface area contributed by atoms with E-state index in [0.29, 0.717) is 13.2 Å². The van der Waals surface area contributed by atoms with E-state index in [0.717, 1.165) is 33.8 Å². The Balaban J connectivity index is 1.83. The van der Waals surface area contributed by atoms with E-state index in [1.807, 2.05) is 63.6 Å². The summed E-state index contributed by atoms with van der Waals surface area (Å²) in [4.78, 5) is 19.4. The first-order chi connectivity index (χ1) is 15.9. The highest BCUT2D eigenvalue weighted by Crippen LogP contribution is 2.44. The number of fused-ring (bicyclic) bond motifs is 3. The molecule has 176 valence electrons. The summed E-state index contributed by atoms with van der Waals surface area (Å²) >= 11 is 0. The van der Waals surface area contributed by atoms with Crippen LogP contribution in [0.25, 0.3) is 5.65 Å². The summed E-state index contributed by atoms with van der Waals surface area (Å²) in [5, 5.41) is 3.64. The molecule has 4 rings (SSSR count). The molecule has 0 unspecified atom stereocenters. The van der Waals surface area contributed by atoms with Crippen molar-refractivity contribution in [3.63, 3.8) is 0 Å². The van der Waals surface area contributed by atoms with E-state index in [-0.39, 0.29) is 18.6 Å². The lowest BCUT2D eigenvalue weighted by Gasteiger charge is -2.40. The number of carbonyl (C=O) groups excluding carboxylic acids is 1. The lowest BCUT2D eigenvalue weighted by molar-refractivity contribution is -0.162. The Bertz CT molecular complexity index is 1110. The number of pyridine rings is 1. The minimum Gasteiger partial charge on any atom is -0.456 e. The molecule has 3 atom stereocenters. The quantitative estimate of drug-likeness (QED) is 0.415. The van der Waals surface area contributed by atoms with Crippen molar-refractivity contribution >= 4 is 17.3 Å². The third-order valence-electron chi connectivity index (χ3n) is 5.99. The second-order valence-corrected chi connectivity index (χ2v) is 8.63. The average Bonchev–Trinajstić information content (AvgIpc) is 3.08. The molecule has 0 fully saturated rings. The second kappa shape index (κ2) is 9.91. The van der Waals surface area contributed by atoms with Crippen LogP contribution in [-0.2, 0) is 19.0 Å². The summed E-state index contributed by atoms with van der Waals surface area (Å²) in [5.41, 5.74) is 5.71. The predicted molar refractivity (Wildman–Crippen MR) is 126 cm³/mol. The fraction of sp³-hybridized carbons (Fsp3) is 0.440. The van der Waals surface area contributed by atoms with Crippen molar-refractivity contribution in [1.82, 2.24) is 14.3 Å². The van der Waals surface area contributed by atoms with Gasteiger partial charge in [-0.15, -0.1) is 0 Å². The Morgan fingerprint density at radius 1 is 1.15 bits per heavy atom. The molecule has 0 spiro atoms. The van der Waals surface area contributed by atoms with Gasteiger partial charge in [-0.05, 0) is 39.6 Å². The van der Waals surface area contributed by atoms with Gasteiger partial charge in [0.25, 0.3) is 0 Å². The van der Waals surface area contributed by atoms with Gasteiger partial charge in [-0.2, -0.15) is 0 Å². The van der Waals surface area contributed by atoms with Crippen LogP contribution in [-0.4, -0.2) is 67.3 Å². The third-order valence-corrected chi connectivity index (χ3v) is 5.99. The van der Waals surface area contributed by atoms with Crippen LogP contribution in [0.4, 0.5) is 5.69 Å². The van der Waals surface area contributed by atoms with Crippen LogP contribution in [0.3, 0.4) is 0 Å². The summed E-state index contributed by atoms with van der Waals surface area (Å²) in [6, 6.07) is 11.7. The van der Waals surface area contributed by atoms with Gasteiger partial charge in [-0.3, -0.25) is 9.69 Å². The number of ether oxygens (including phenoxy) is 3. The number of anilines is 1. The lowest BCUT2D eigenvalue weighted by atomic mass is 9.88. The maximum absolute atomic E-state index is 12.8. The highest BCUT2D eigenvalue weighted by atomic mass is 16.6. The first kappa shape index (κ1) is 23.2. The normalized spacial score (nSPS) is 20.0. The highest BCUT2D eigenvalue weighted by molar-refractivity contribution is 5.76. The first-order valence-corrected chi connectivity index (χ1v) is 11.1. The van der Waals surface area contributed by atoms with Crippen molar-refractivity contribution < 1.29 is 19.0 Å². The molecule has 8 heteroatoms. The summed E-state index contributed by atoms with van der Waals surface area (Å²) in [6.45, 7) is 5.06. The lowest BCUT2D eigenvalue weighted by Crippen LogP contribution is -2.42. The van der Waals surface area contributed by atoms with E-state index in [9.17, 15) is 4.79 Å². The van der Waals surface area contributed by atoms with Gasteiger partial charge in [-0.1, -0.05) is 30.3 Å². The van der Waals surface area contributed by atoms with Crippen LogP contribution in [0.1, 0.15) is 34.7 Å². The molecule has 0 saturated carbocycles. The van der Waals surface area contributed by atoms with Crippen molar-refractivity contribution in [3.8, 4) is 0 Å². The minimum atomic E-state index is -0.566. The largest absolute Gasteiger partial charge is 0.456 e. The van der Waals surface area contributed by atoms with Gasteiger partial charge in [0.05, 0.1) is 37.2 Å². The van der Waals surface area contributed by atoms with E-state index in [1.54, 1.807) is 12.0 Å². The topological polar surface area (TPSA) is 77.3 Å². The van der Waals surface area contributed by atoms with Crippen LogP contribution < -0.4 is 5.32 Å². The summed E-state index contributed by atoms with van der Waals surface area (Å²) in [5.74, 6) is -0.301. The molecule has 33 heavy (non-hydrogen) atoms. The number of carbonyl (C=O) groups is 1. The van der Waals surface area contributed by atoms with E-state index in [2.05, 4.69) is 16.6 Å². The number of nitrogens with zero attached hydrogens (tertiary/aromatic N) is 3. The maximum Gasteiger partial charge on any atom is 0.320 e. The zero-order chi connectivity index (χ0) is 23.5. The monoisotopic (exact) mass is 452 g/mol. The summed E-state index contributed by atoms with van der Waals surface area (Å²) in [7, 11) is 5.33. The van der Waals surface area contributed by atoms with E-state index < -0.39 is 12.2 Å². The van der Waals surface area contributed by atoms with Gasteiger partial charge in [-0.25, -0.2) is 4.98 Å². The molecular weight excluding hydrogens is 420 g/mol. The van der Waals surface area contributed by atoms with Crippen molar-refractivity contribution in [3.05, 3.63) is 65.1 Å². The fourth-order valence-corrected chi connectivity index (χ4v) is 4.28. The van der Waals surface area contributed by atoms with Crippen LogP contribution >= 0.6 is 0 Å².